The molecule has 1 aromatic rings. The SMILES string of the molecule is CCCCCCCCc1nnc(CCCl)o1. The van der Waals surface area contributed by atoms with Gasteiger partial charge in [-0.1, -0.05) is 39.0 Å². The smallest absolute Gasteiger partial charge is 0.217 e. The van der Waals surface area contributed by atoms with E-state index < -0.39 is 0 Å². The van der Waals surface area contributed by atoms with E-state index in [1.54, 1.807) is 0 Å². The lowest BCUT2D eigenvalue weighted by Gasteiger charge is -1.97. The highest BCUT2D eigenvalue weighted by atomic mass is 35.5. The monoisotopic (exact) mass is 244 g/mol. The van der Waals surface area contributed by atoms with Crippen molar-refractivity contribution in [3.63, 3.8) is 0 Å². The van der Waals surface area contributed by atoms with E-state index in [0.717, 1.165) is 18.7 Å². The van der Waals surface area contributed by atoms with Gasteiger partial charge in [0, 0.05) is 18.7 Å². The molecular weight excluding hydrogens is 224 g/mol. The number of halogens is 1. The largest absolute Gasteiger partial charge is 0.425 e. The molecule has 0 aliphatic heterocycles. The zero-order valence-corrected chi connectivity index (χ0v) is 10.8. The molecule has 3 nitrogen and oxygen atoms in total. The third-order valence-corrected chi connectivity index (χ3v) is 2.75. The zero-order valence-electron chi connectivity index (χ0n) is 10.0. The van der Waals surface area contributed by atoms with E-state index in [-0.39, 0.29) is 0 Å². The van der Waals surface area contributed by atoms with Crippen molar-refractivity contribution < 1.29 is 4.42 Å². The first-order chi connectivity index (χ1) is 7.86. The van der Waals surface area contributed by atoms with E-state index in [9.17, 15) is 0 Å². The molecule has 1 rings (SSSR count). The predicted molar refractivity (Wildman–Crippen MR) is 65.8 cm³/mol. The number of hydrogen-bond donors (Lipinski definition) is 0. The molecule has 0 aliphatic carbocycles. The van der Waals surface area contributed by atoms with Gasteiger partial charge >= 0.3 is 0 Å². The fraction of sp³-hybridized carbons (Fsp3) is 0.833. The van der Waals surface area contributed by atoms with Crippen molar-refractivity contribution >= 4 is 11.6 Å². The molecule has 0 spiro atoms. The van der Waals surface area contributed by atoms with Crippen LogP contribution in [0, 0.1) is 0 Å². The van der Waals surface area contributed by atoms with Crippen molar-refractivity contribution in [2.24, 2.45) is 0 Å². The van der Waals surface area contributed by atoms with Crippen LogP contribution < -0.4 is 0 Å². The highest BCUT2D eigenvalue weighted by Crippen LogP contribution is 2.09. The molecule has 0 amide bonds. The number of hydrogen-bond acceptors (Lipinski definition) is 3. The molecule has 1 heterocycles. The molecule has 0 aliphatic rings. The van der Waals surface area contributed by atoms with Crippen LogP contribution in [0.1, 0.15) is 57.2 Å². The van der Waals surface area contributed by atoms with Crippen molar-refractivity contribution in [3.05, 3.63) is 11.8 Å². The minimum Gasteiger partial charge on any atom is -0.425 e. The molecule has 0 fully saturated rings. The topological polar surface area (TPSA) is 38.9 Å². The molecule has 0 bridgehead atoms. The Hall–Kier alpha value is -0.570. The first-order valence-corrected chi connectivity index (χ1v) is 6.77. The highest BCUT2D eigenvalue weighted by molar-refractivity contribution is 6.17. The number of alkyl halides is 1. The highest BCUT2D eigenvalue weighted by Gasteiger charge is 2.04. The van der Waals surface area contributed by atoms with Crippen molar-refractivity contribution in [3.8, 4) is 0 Å². The third kappa shape index (κ3) is 5.50. The summed E-state index contributed by atoms with van der Waals surface area (Å²) in [6.45, 7) is 2.23. The maximum absolute atomic E-state index is 5.59. The van der Waals surface area contributed by atoms with Gasteiger partial charge in [-0.2, -0.15) is 0 Å². The Morgan fingerprint density at radius 2 is 1.56 bits per heavy atom. The standard InChI is InChI=1S/C12H21ClN2O/c1-2-3-4-5-6-7-8-11-14-15-12(16-11)9-10-13/h2-10H2,1H3. The number of rotatable bonds is 9. The van der Waals surface area contributed by atoms with Crippen LogP contribution in [0.5, 0.6) is 0 Å². The van der Waals surface area contributed by atoms with Crippen LogP contribution >= 0.6 is 11.6 Å². The van der Waals surface area contributed by atoms with Crippen molar-refractivity contribution in [2.45, 2.75) is 58.3 Å². The van der Waals surface area contributed by atoms with Gasteiger partial charge < -0.3 is 4.42 Å². The quantitative estimate of drug-likeness (QED) is 0.491. The van der Waals surface area contributed by atoms with Crippen molar-refractivity contribution in [1.29, 1.82) is 0 Å². The Morgan fingerprint density at radius 3 is 2.25 bits per heavy atom. The maximum Gasteiger partial charge on any atom is 0.217 e. The second-order valence-electron chi connectivity index (χ2n) is 4.05. The Balaban J connectivity index is 2.07. The van der Waals surface area contributed by atoms with E-state index in [2.05, 4.69) is 17.1 Å². The minimum atomic E-state index is 0.540. The fourth-order valence-electron chi connectivity index (χ4n) is 1.63. The van der Waals surface area contributed by atoms with Gasteiger partial charge in [0.2, 0.25) is 11.8 Å². The summed E-state index contributed by atoms with van der Waals surface area (Å²) < 4.78 is 5.45. The first kappa shape index (κ1) is 13.5. The summed E-state index contributed by atoms with van der Waals surface area (Å²) in [6.07, 6.45) is 9.28. The van der Waals surface area contributed by atoms with E-state index in [0.29, 0.717) is 18.2 Å². The summed E-state index contributed by atoms with van der Waals surface area (Å²) in [5, 5.41) is 7.93. The average molecular weight is 245 g/mol. The summed E-state index contributed by atoms with van der Waals surface area (Å²) in [5.41, 5.74) is 0. The number of aromatic nitrogens is 2. The first-order valence-electron chi connectivity index (χ1n) is 6.24. The van der Waals surface area contributed by atoms with Gasteiger partial charge in [0.25, 0.3) is 0 Å². The van der Waals surface area contributed by atoms with Crippen LogP contribution in [0.2, 0.25) is 0 Å². The maximum atomic E-state index is 5.59. The van der Waals surface area contributed by atoms with Crippen LogP contribution in [-0.2, 0) is 12.8 Å². The van der Waals surface area contributed by atoms with Crippen LogP contribution in [0.15, 0.2) is 4.42 Å². The van der Waals surface area contributed by atoms with E-state index in [4.69, 9.17) is 16.0 Å². The van der Waals surface area contributed by atoms with E-state index in [1.165, 1.54) is 32.1 Å². The van der Waals surface area contributed by atoms with Gasteiger partial charge in [-0.05, 0) is 6.42 Å². The van der Waals surface area contributed by atoms with Gasteiger partial charge in [0.1, 0.15) is 0 Å². The summed E-state index contributed by atoms with van der Waals surface area (Å²) in [5.74, 6) is 1.96. The predicted octanol–water partition coefficient (Wildman–Crippen LogP) is 3.75. The Bertz CT molecular complexity index is 276. The molecule has 16 heavy (non-hydrogen) atoms. The van der Waals surface area contributed by atoms with Gasteiger partial charge in [-0.3, -0.25) is 0 Å². The van der Waals surface area contributed by atoms with Crippen LogP contribution in [0.4, 0.5) is 0 Å². The summed E-state index contributed by atoms with van der Waals surface area (Å²) in [6, 6.07) is 0. The molecule has 0 saturated carbocycles. The third-order valence-electron chi connectivity index (χ3n) is 2.56. The van der Waals surface area contributed by atoms with Crippen LogP contribution in [0.25, 0.3) is 0 Å². The molecule has 0 N–H and O–H groups in total. The molecule has 0 radical (unpaired) electrons. The Kier molecular flexibility index (Phi) is 7.23. The number of nitrogens with zero attached hydrogens (tertiary/aromatic N) is 2. The summed E-state index contributed by atoms with van der Waals surface area (Å²) in [7, 11) is 0. The summed E-state index contributed by atoms with van der Waals surface area (Å²) >= 11 is 5.59. The molecule has 0 atom stereocenters. The summed E-state index contributed by atoms with van der Waals surface area (Å²) in [4.78, 5) is 0. The van der Waals surface area contributed by atoms with E-state index >= 15 is 0 Å². The van der Waals surface area contributed by atoms with Crippen molar-refractivity contribution in [1.82, 2.24) is 10.2 Å². The Morgan fingerprint density at radius 1 is 0.938 bits per heavy atom. The van der Waals surface area contributed by atoms with Gasteiger partial charge in [-0.15, -0.1) is 21.8 Å². The van der Waals surface area contributed by atoms with Crippen LogP contribution in [-0.4, -0.2) is 16.1 Å². The lowest BCUT2D eigenvalue weighted by atomic mass is 10.1. The molecule has 0 saturated heterocycles. The normalized spacial score (nSPS) is 10.9. The van der Waals surface area contributed by atoms with Gasteiger partial charge in [0.05, 0.1) is 0 Å². The molecule has 0 unspecified atom stereocenters. The lowest BCUT2D eigenvalue weighted by Crippen LogP contribution is -1.86. The Labute approximate surface area is 103 Å². The zero-order chi connectivity index (χ0) is 11.6. The molecule has 4 heteroatoms. The average Bonchev–Trinajstić information content (AvgIpc) is 2.72. The second-order valence-corrected chi connectivity index (χ2v) is 4.42. The molecule has 92 valence electrons. The molecule has 0 aromatic carbocycles. The van der Waals surface area contributed by atoms with E-state index in [1.807, 2.05) is 0 Å². The minimum absolute atomic E-state index is 0.540. The van der Waals surface area contributed by atoms with Crippen molar-refractivity contribution in [2.75, 3.05) is 5.88 Å². The number of unbranched alkanes of at least 4 members (excludes halogenated alkanes) is 5. The second kappa shape index (κ2) is 8.57. The molecular formula is C12H21ClN2O. The van der Waals surface area contributed by atoms with Gasteiger partial charge in [0.15, 0.2) is 0 Å². The van der Waals surface area contributed by atoms with Crippen LogP contribution in [0.3, 0.4) is 0 Å². The lowest BCUT2D eigenvalue weighted by molar-refractivity contribution is 0.444. The van der Waals surface area contributed by atoms with Gasteiger partial charge in [-0.25, -0.2) is 0 Å². The molecule has 1 aromatic heterocycles. The fourth-order valence-corrected chi connectivity index (χ4v) is 1.79. The number of aryl methyl sites for hydroxylation is 2.